The van der Waals surface area contributed by atoms with E-state index in [-0.39, 0.29) is 25.0 Å². The summed E-state index contributed by atoms with van der Waals surface area (Å²) in [6, 6.07) is -1.15. The highest BCUT2D eigenvalue weighted by Gasteiger charge is 2.39. The number of thioether (sulfide) groups is 1. The van der Waals surface area contributed by atoms with Crippen LogP contribution >= 0.6 is 11.8 Å². The van der Waals surface area contributed by atoms with E-state index < -0.39 is 18.1 Å². The molecule has 1 heterocycles. The van der Waals surface area contributed by atoms with Crippen molar-refractivity contribution in [2.75, 3.05) is 12.8 Å². The zero-order chi connectivity index (χ0) is 14.0. The van der Waals surface area contributed by atoms with Crippen LogP contribution in [0.5, 0.6) is 0 Å². The smallest absolute Gasteiger partial charge is 0.326 e. The number of likely N-dealkylation sites (tertiary alicyclic amines) is 1. The van der Waals surface area contributed by atoms with E-state index in [0.29, 0.717) is 5.25 Å². The fourth-order valence-corrected chi connectivity index (χ4v) is 3.61. The minimum absolute atomic E-state index is 0.0987. The van der Waals surface area contributed by atoms with Gasteiger partial charge < -0.3 is 20.4 Å². The molecule has 1 saturated heterocycles. The number of amides is 2. The van der Waals surface area contributed by atoms with Gasteiger partial charge in [0, 0.05) is 24.3 Å². The summed E-state index contributed by atoms with van der Waals surface area (Å²) in [5.41, 5.74) is 0. The fraction of sp³-hybridized carbons (Fsp3) is 0.833. The summed E-state index contributed by atoms with van der Waals surface area (Å²) in [7, 11) is 0. The van der Waals surface area contributed by atoms with Gasteiger partial charge in [-0.1, -0.05) is 0 Å². The van der Waals surface area contributed by atoms with Crippen molar-refractivity contribution < 1.29 is 19.8 Å². The van der Waals surface area contributed by atoms with Gasteiger partial charge in [-0.05, 0) is 25.5 Å². The molecular weight excluding hydrogens is 268 g/mol. The molecule has 6 nitrogen and oxygen atoms in total. The lowest BCUT2D eigenvalue weighted by atomic mass is 10.2. The Morgan fingerprint density at radius 2 is 2.05 bits per heavy atom. The molecular formula is C12H20N2O4S. The van der Waals surface area contributed by atoms with Crippen molar-refractivity contribution in [3.8, 4) is 0 Å². The first-order chi connectivity index (χ1) is 9.01. The first-order valence-corrected chi connectivity index (χ1v) is 7.81. The van der Waals surface area contributed by atoms with Crippen LogP contribution in [0, 0.1) is 0 Å². The lowest BCUT2D eigenvalue weighted by molar-refractivity contribution is -0.141. The van der Waals surface area contributed by atoms with Crippen LogP contribution in [0.2, 0.25) is 0 Å². The highest BCUT2D eigenvalue weighted by Crippen LogP contribution is 2.28. The molecule has 2 aliphatic rings. The van der Waals surface area contributed by atoms with E-state index in [1.165, 1.54) is 4.90 Å². The minimum Gasteiger partial charge on any atom is -0.480 e. The van der Waals surface area contributed by atoms with Gasteiger partial charge in [0.25, 0.3) is 0 Å². The number of aliphatic hydroxyl groups is 1. The van der Waals surface area contributed by atoms with Crippen LogP contribution in [-0.4, -0.2) is 63.4 Å². The number of hydrogen-bond donors (Lipinski definition) is 3. The molecule has 4 atom stereocenters. The molecule has 1 aliphatic heterocycles. The molecule has 3 N–H and O–H groups in total. The van der Waals surface area contributed by atoms with Gasteiger partial charge in [-0.2, -0.15) is 11.8 Å². The molecule has 2 fully saturated rings. The number of carboxylic acid groups (broad SMARTS) is 1. The van der Waals surface area contributed by atoms with Gasteiger partial charge in [0.05, 0.1) is 6.10 Å². The van der Waals surface area contributed by atoms with Gasteiger partial charge in [0.2, 0.25) is 0 Å². The number of urea groups is 1. The fourth-order valence-electron chi connectivity index (χ4n) is 2.82. The Balaban J connectivity index is 1.90. The molecule has 0 spiro atoms. The van der Waals surface area contributed by atoms with Crippen molar-refractivity contribution in [1.82, 2.24) is 10.2 Å². The molecule has 1 aliphatic carbocycles. The molecule has 0 aromatic heterocycles. The number of nitrogens with one attached hydrogen (secondary N) is 1. The topological polar surface area (TPSA) is 89.9 Å². The van der Waals surface area contributed by atoms with Crippen molar-refractivity contribution in [2.45, 2.75) is 49.1 Å². The highest BCUT2D eigenvalue weighted by molar-refractivity contribution is 7.99. The molecule has 7 heteroatoms. The van der Waals surface area contributed by atoms with Gasteiger partial charge in [0.1, 0.15) is 6.04 Å². The quantitative estimate of drug-likeness (QED) is 0.703. The Bertz CT molecular complexity index is 366. The van der Waals surface area contributed by atoms with Crippen LogP contribution in [0.1, 0.15) is 25.7 Å². The number of hydrogen-bond acceptors (Lipinski definition) is 4. The predicted molar refractivity (Wildman–Crippen MR) is 72.2 cm³/mol. The molecule has 0 bridgehead atoms. The summed E-state index contributed by atoms with van der Waals surface area (Å²) >= 11 is 1.80. The molecule has 2 rings (SSSR count). The number of carbonyl (C=O) groups is 2. The van der Waals surface area contributed by atoms with E-state index in [1.807, 2.05) is 0 Å². The number of aliphatic hydroxyl groups excluding tert-OH is 1. The average Bonchev–Trinajstić information content (AvgIpc) is 2.95. The van der Waals surface area contributed by atoms with Crippen molar-refractivity contribution >= 4 is 23.8 Å². The van der Waals surface area contributed by atoms with Crippen molar-refractivity contribution in [3.63, 3.8) is 0 Å². The Morgan fingerprint density at radius 1 is 1.32 bits per heavy atom. The lowest BCUT2D eigenvalue weighted by Crippen LogP contribution is -2.48. The van der Waals surface area contributed by atoms with Crippen LogP contribution in [0.15, 0.2) is 0 Å². The van der Waals surface area contributed by atoms with Crippen LogP contribution in [0.25, 0.3) is 0 Å². The second-order valence-electron chi connectivity index (χ2n) is 5.21. The maximum absolute atomic E-state index is 12.1. The molecule has 108 valence electrons. The minimum atomic E-state index is -1.06. The summed E-state index contributed by atoms with van der Waals surface area (Å²) < 4.78 is 0. The summed E-state index contributed by atoms with van der Waals surface area (Å²) in [6.07, 6.45) is 4.38. The highest BCUT2D eigenvalue weighted by atomic mass is 32.2. The van der Waals surface area contributed by atoms with Crippen LogP contribution in [0.4, 0.5) is 4.79 Å². The molecule has 0 radical (unpaired) electrons. The SMILES string of the molecule is CSC1CCC(NC(=O)N2C[C@H](O)C[C@H]2C(=O)O)C1. The van der Waals surface area contributed by atoms with E-state index in [4.69, 9.17) is 5.11 Å². The van der Waals surface area contributed by atoms with Crippen LogP contribution in [0.3, 0.4) is 0 Å². The molecule has 1 saturated carbocycles. The molecule has 2 unspecified atom stereocenters. The third-order valence-corrected chi connectivity index (χ3v) is 4.97. The number of β-amino-alcohol motifs (C(OH)–C–C–N with tert-alkyl or cyclic N) is 1. The normalized spacial score (nSPS) is 34.5. The van der Waals surface area contributed by atoms with Crippen molar-refractivity contribution in [3.05, 3.63) is 0 Å². The second-order valence-corrected chi connectivity index (χ2v) is 6.35. The van der Waals surface area contributed by atoms with Gasteiger partial charge in [-0.25, -0.2) is 9.59 Å². The Labute approximate surface area is 116 Å². The first kappa shape index (κ1) is 14.5. The number of rotatable bonds is 3. The van der Waals surface area contributed by atoms with Gasteiger partial charge in [-0.15, -0.1) is 0 Å². The zero-order valence-electron chi connectivity index (χ0n) is 10.9. The summed E-state index contributed by atoms with van der Waals surface area (Å²) in [5, 5.41) is 22.0. The van der Waals surface area contributed by atoms with E-state index >= 15 is 0 Å². The van der Waals surface area contributed by atoms with Crippen LogP contribution < -0.4 is 5.32 Å². The second kappa shape index (κ2) is 6.00. The van der Waals surface area contributed by atoms with Gasteiger partial charge in [-0.3, -0.25) is 0 Å². The first-order valence-electron chi connectivity index (χ1n) is 6.52. The Morgan fingerprint density at radius 3 is 2.63 bits per heavy atom. The predicted octanol–water partition coefficient (Wildman–Crippen LogP) is 0.500. The number of nitrogens with zero attached hydrogens (tertiary/aromatic N) is 1. The van der Waals surface area contributed by atoms with E-state index in [2.05, 4.69) is 11.6 Å². The van der Waals surface area contributed by atoms with Gasteiger partial charge in [0.15, 0.2) is 0 Å². The maximum Gasteiger partial charge on any atom is 0.326 e. The zero-order valence-corrected chi connectivity index (χ0v) is 11.7. The van der Waals surface area contributed by atoms with Crippen LogP contribution in [-0.2, 0) is 4.79 Å². The number of carbonyl (C=O) groups excluding carboxylic acids is 1. The van der Waals surface area contributed by atoms with Gasteiger partial charge >= 0.3 is 12.0 Å². The number of aliphatic carboxylic acids is 1. The summed E-state index contributed by atoms with van der Waals surface area (Å²) in [6.45, 7) is 0.0987. The lowest BCUT2D eigenvalue weighted by Gasteiger charge is -2.24. The van der Waals surface area contributed by atoms with E-state index in [1.54, 1.807) is 11.8 Å². The monoisotopic (exact) mass is 288 g/mol. The molecule has 2 amide bonds. The Hall–Kier alpha value is -0.950. The van der Waals surface area contributed by atoms with Crippen molar-refractivity contribution in [1.29, 1.82) is 0 Å². The molecule has 0 aromatic carbocycles. The van der Waals surface area contributed by atoms with E-state index in [9.17, 15) is 14.7 Å². The number of carboxylic acids is 1. The molecule has 0 aromatic rings. The third-order valence-electron chi connectivity index (χ3n) is 3.87. The third kappa shape index (κ3) is 3.33. The summed E-state index contributed by atoms with van der Waals surface area (Å²) in [4.78, 5) is 24.4. The van der Waals surface area contributed by atoms with E-state index in [0.717, 1.165) is 19.3 Å². The molecule has 19 heavy (non-hydrogen) atoms. The Kier molecular flexibility index (Phi) is 4.57. The largest absolute Gasteiger partial charge is 0.480 e. The average molecular weight is 288 g/mol. The maximum atomic E-state index is 12.1. The van der Waals surface area contributed by atoms with Crippen molar-refractivity contribution in [2.24, 2.45) is 0 Å². The summed E-state index contributed by atoms with van der Waals surface area (Å²) in [5.74, 6) is -1.06. The standard InChI is InChI=1S/C12H20N2O4S/c1-19-9-3-2-7(4-9)13-12(18)14-6-8(15)5-10(14)11(16)17/h7-10,15H,2-6H2,1H3,(H,13,18)(H,16,17)/t7?,8-,9?,10+/m1/s1.